The van der Waals surface area contributed by atoms with Crippen molar-refractivity contribution in [2.24, 2.45) is 0 Å². The maximum Gasteiger partial charge on any atom is 0.374 e. The predicted octanol–water partition coefficient (Wildman–Crippen LogP) is 1.68. The minimum Gasteiger partial charge on any atom is -0.475 e. The summed E-state index contributed by atoms with van der Waals surface area (Å²) in [6.45, 7) is 0.342. The second-order valence-electron chi connectivity index (χ2n) is 3.18. The van der Waals surface area contributed by atoms with Gasteiger partial charge in [0.15, 0.2) is 0 Å². The van der Waals surface area contributed by atoms with Gasteiger partial charge < -0.3 is 9.67 Å². The van der Waals surface area contributed by atoms with E-state index in [9.17, 15) is 4.79 Å². The molecule has 0 saturated carbocycles. The SMILES string of the molecule is O=C(O)c1nncn1Cc1ccccc1Cl. The van der Waals surface area contributed by atoms with Crippen molar-refractivity contribution in [2.75, 3.05) is 0 Å². The van der Waals surface area contributed by atoms with Crippen molar-refractivity contribution in [1.29, 1.82) is 0 Å². The van der Waals surface area contributed by atoms with E-state index >= 15 is 0 Å². The first-order chi connectivity index (χ1) is 7.68. The van der Waals surface area contributed by atoms with Crippen molar-refractivity contribution >= 4 is 17.6 Å². The summed E-state index contributed by atoms with van der Waals surface area (Å²) in [5.74, 6) is -1.20. The summed E-state index contributed by atoms with van der Waals surface area (Å²) in [5, 5.41) is 16.5. The normalized spacial score (nSPS) is 10.3. The lowest BCUT2D eigenvalue weighted by Gasteiger charge is -2.05. The van der Waals surface area contributed by atoms with E-state index in [4.69, 9.17) is 16.7 Å². The number of carboxylic acid groups (broad SMARTS) is 1. The van der Waals surface area contributed by atoms with Gasteiger partial charge in [-0.2, -0.15) is 0 Å². The Labute approximate surface area is 96.3 Å². The molecule has 5 nitrogen and oxygen atoms in total. The van der Waals surface area contributed by atoms with Crippen molar-refractivity contribution < 1.29 is 9.90 Å². The molecule has 0 aliphatic heterocycles. The lowest BCUT2D eigenvalue weighted by atomic mass is 10.2. The molecule has 0 amide bonds. The molecule has 0 unspecified atom stereocenters. The van der Waals surface area contributed by atoms with E-state index < -0.39 is 5.97 Å². The standard InChI is InChI=1S/C10H8ClN3O2/c11-8-4-2-1-3-7(8)5-14-6-12-13-9(14)10(15)16/h1-4,6H,5H2,(H,15,16). The number of hydrogen-bond acceptors (Lipinski definition) is 3. The van der Waals surface area contributed by atoms with Crippen LogP contribution in [0.15, 0.2) is 30.6 Å². The fourth-order valence-corrected chi connectivity index (χ4v) is 1.54. The first-order valence-corrected chi connectivity index (χ1v) is 4.91. The topological polar surface area (TPSA) is 68.0 Å². The molecular formula is C10H8ClN3O2. The number of nitrogens with zero attached hydrogens (tertiary/aromatic N) is 3. The molecule has 1 heterocycles. The van der Waals surface area contributed by atoms with Gasteiger partial charge in [-0.1, -0.05) is 29.8 Å². The second-order valence-corrected chi connectivity index (χ2v) is 3.59. The highest BCUT2D eigenvalue weighted by Gasteiger charge is 2.12. The summed E-state index contributed by atoms with van der Waals surface area (Å²) in [6, 6.07) is 7.23. The lowest BCUT2D eigenvalue weighted by molar-refractivity contribution is 0.0678. The maximum absolute atomic E-state index is 10.8. The zero-order valence-electron chi connectivity index (χ0n) is 8.17. The molecule has 1 N–H and O–H groups in total. The summed E-state index contributed by atoms with van der Waals surface area (Å²) in [7, 11) is 0. The molecule has 0 spiro atoms. The number of rotatable bonds is 3. The summed E-state index contributed by atoms with van der Waals surface area (Å²) >= 11 is 5.97. The van der Waals surface area contributed by atoms with E-state index in [1.807, 2.05) is 18.2 Å². The Balaban J connectivity index is 2.31. The number of halogens is 1. The Morgan fingerprint density at radius 3 is 2.88 bits per heavy atom. The van der Waals surface area contributed by atoms with Crippen LogP contribution < -0.4 is 0 Å². The number of aromatic carboxylic acids is 1. The molecule has 16 heavy (non-hydrogen) atoms. The van der Waals surface area contributed by atoms with E-state index in [-0.39, 0.29) is 5.82 Å². The molecule has 1 aromatic carbocycles. The molecule has 82 valence electrons. The van der Waals surface area contributed by atoms with Gasteiger partial charge in [-0.3, -0.25) is 0 Å². The molecule has 0 atom stereocenters. The fourth-order valence-electron chi connectivity index (χ4n) is 1.35. The van der Waals surface area contributed by atoms with Gasteiger partial charge in [0.05, 0.1) is 6.54 Å². The second kappa shape index (κ2) is 4.32. The molecule has 0 aliphatic carbocycles. The van der Waals surface area contributed by atoms with Gasteiger partial charge in [-0.15, -0.1) is 10.2 Å². The van der Waals surface area contributed by atoms with Crippen LogP contribution in [0.2, 0.25) is 5.02 Å². The Morgan fingerprint density at radius 1 is 1.44 bits per heavy atom. The van der Waals surface area contributed by atoms with E-state index in [2.05, 4.69) is 10.2 Å². The van der Waals surface area contributed by atoms with Gasteiger partial charge in [0.2, 0.25) is 5.82 Å². The van der Waals surface area contributed by atoms with Gasteiger partial charge in [-0.25, -0.2) is 4.79 Å². The zero-order valence-corrected chi connectivity index (χ0v) is 8.92. The van der Waals surface area contributed by atoms with Crippen molar-refractivity contribution in [2.45, 2.75) is 6.54 Å². The third-order valence-corrected chi connectivity index (χ3v) is 2.47. The number of carbonyl (C=O) groups is 1. The molecule has 0 radical (unpaired) electrons. The van der Waals surface area contributed by atoms with Crippen LogP contribution in [-0.2, 0) is 6.54 Å². The van der Waals surface area contributed by atoms with E-state index in [0.29, 0.717) is 11.6 Å². The van der Waals surface area contributed by atoms with Crippen LogP contribution in [0.5, 0.6) is 0 Å². The van der Waals surface area contributed by atoms with E-state index in [1.54, 1.807) is 6.07 Å². The first kappa shape index (κ1) is 10.6. The van der Waals surface area contributed by atoms with Gasteiger partial charge in [0, 0.05) is 5.02 Å². The van der Waals surface area contributed by atoms with Gasteiger partial charge in [0.1, 0.15) is 6.33 Å². The number of benzene rings is 1. The average Bonchev–Trinajstić information content (AvgIpc) is 2.69. The van der Waals surface area contributed by atoms with Crippen LogP contribution in [0.1, 0.15) is 16.2 Å². The van der Waals surface area contributed by atoms with Crippen LogP contribution in [-0.4, -0.2) is 25.8 Å². The van der Waals surface area contributed by atoms with Crippen molar-refractivity contribution in [1.82, 2.24) is 14.8 Å². The highest BCUT2D eigenvalue weighted by molar-refractivity contribution is 6.31. The molecule has 0 bridgehead atoms. The molecule has 0 aliphatic rings. The molecule has 2 aromatic rings. The Bertz CT molecular complexity index is 524. The number of hydrogen-bond donors (Lipinski definition) is 1. The summed E-state index contributed by atoms with van der Waals surface area (Å²) in [5.41, 5.74) is 0.825. The quantitative estimate of drug-likeness (QED) is 0.882. The van der Waals surface area contributed by atoms with Crippen LogP contribution in [0.3, 0.4) is 0 Å². The number of carboxylic acids is 1. The lowest BCUT2D eigenvalue weighted by Crippen LogP contribution is -2.10. The molecule has 0 fully saturated rings. The molecule has 0 saturated heterocycles. The van der Waals surface area contributed by atoms with Gasteiger partial charge in [-0.05, 0) is 11.6 Å². The first-order valence-electron chi connectivity index (χ1n) is 4.53. The van der Waals surface area contributed by atoms with Crippen molar-refractivity contribution in [3.63, 3.8) is 0 Å². The largest absolute Gasteiger partial charge is 0.475 e. The molecule has 6 heteroatoms. The minimum atomic E-state index is -1.11. The molecule has 2 rings (SSSR count). The highest BCUT2D eigenvalue weighted by atomic mass is 35.5. The Kier molecular flexibility index (Phi) is 2.87. The van der Waals surface area contributed by atoms with Crippen molar-refractivity contribution in [3.05, 3.63) is 47.0 Å². The molecular weight excluding hydrogens is 230 g/mol. The Hall–Kier alpha value is -1.88. The fraction of sp³-hybridized carbons (Fsp3) is 0.100. The van der Waals surface area contributed by atoms with Crippen LogP contribution >= 0.6 is 11.6 Å². The summed E-state index contributed by atoms with van der Waals surface area (Å²) < 4.78 is 1.43. The van der Waals surface area contributed by atoms with Crippen molar-refractivity contribution in [3.8, 4) is 0 Å². The summed E-state index contributed by atoms with van der Waals surface area (Å²) in [6.07, 6.45) is 1.37. The third-order valence-electron chi connectivity index (χ3n) is 2.11. The smallest absolute Gasteiger partial charge is 0.374 e. The minimum absolute atomic E-state index is 0.0973. The predicted molar refractivity (Wildman–Crippen MR) is 57.5 cm³/mol. The van der Waals surface area contributed by atoms with Crippen LogP contribution in [0, 0.1) is 0 Å². The highest BCUT2D eigenvalue weighted by Crippen LogP contribution is 2.16. The van der Waals surface area contributed by atoms with Gasteiger partial charge in [0.25, 0.3) is 0 Å². The Morgan fingerprint density at radius 2 is 2.19 bits per heavy atom. The van der Waals surface area contributed by atoms with Gasteiger partial charge >= 0.3 is 5.97 Å². The maximum atomic E-state index is 10.8. The van der Waals surface area contributed by atoms with E-state index in [1.165, 1.54) is 10.9 Å². The van der Waals surface area contributed by atoms with E-state index in [0.717, 1.165) is 5.56 Å². The summed E-state index contributed by atoms with van der Waals surface area (Å²) in [4.78, 5) is 10.8. The van der Waals surface area contributed by atoms with Crippen LogP contribution in [0.25, 0.3) is 0 Å². The number of aromatic nitrogens is 3. The van der Waals surface area contributed by atoms with Crippen LogP contribution in [0.4, 0.5) is 0 Å². The average molecular weight is 238 g/mol. The monoisotopic (exact) mass is 237 g/mol. The zero-order chi connectivity index (χ0) is 11.5. The third kappa shape index (κ3) is 2.04. The molecule has 1 aromatic heterocycles.